The van der Waals surface area contributed by atoms with E-state index in [0.717, 1.165) is 11.5 Å². The highest BCUT2D eigenvalue weighted by molar-refractivity contribution is 6.31. The Labute approximate surface area is 102 Å². The summed E-state index contributed by atoms with van der Waals surface area (Å²) in [4.78, 5) is 11.9. The quantitative estimate of drug-likeness (QED) is 0.768. The minimum absolute atomic E-state index is 0.124. The van der Waals surface area contributed by atoms with Crippen molar-refractivity contribution >= 4 is 17.5 Å². The molecule has 0 unspecified atom stereocenters. The predicted octanol–water partition coefficient (Wildman–Crippen LogP) is 1.47. The summed E-state index contributed by atoms with van der Waals surface area (Å²) < 4.78 is 1.85. The number of carbonyl (C=O) groups excluding carboxylic acids is 1. The van der Waals surface area contributed by atoms with E-state index in [0.29, 0.717) is 23.0 Å². The summed E-state index contributed by atoms with van der Waals surface area (Å²) in [6.45, 7) is 2.21. The van der Waals surface area contributed by atoms with Crippen molar-refractivity contribution in [2.75, 3.05) is 0 Å². The second-order valence-electron chi connectivity index (χ2n) is 3.84. The molecular weight excluding hydrogens is 240 g/mol. The summed E-state index contributed by atoms with van der Waals surface area (Å²) in [7, 11) is 0. The maximum absolute atomic E-state index is 11.9. The number of nitrogens with zero attached hydrogens (tertiary/aromatic N) is 3. The number of carbonyl (C=O) groups is 1. The molecule has 0 aliphatic carbocycles. The number of nitrogens with one attached hydrogen (secondary N) is 1. The van der Waals surface area contributed by atoms with Crippen LogP contribution in [-0.4, -0.2) is 20.7 Å². The third kappa shape index (κ3) is 1.51. The SMILES string of the molecule is Cc1nnc2n1-c1cc(Cl)ccc1C(=O)NC2. The van der Waals surface area contributed by atoms with E-state index in [4.69, 9.17) is 11.6 Å². The lowest BCUT2D eigenvalue weighted by atomic mass is 10.1. The molecular formula is C11H9ClN4O. The molecule has 1 aromatic carbocycles. The number of hydrogen-bond acceptors (Lipinski definition) is 3. The molecule has 0 fully saturated rings. The van der Waals surface area contributed by atoms with Crippen LogP contribution in [0.1, 0.15) is 22.0 Å². The van der Waals surface area contributed by atoms with Gasteiger partial charge in [0.05, 0.1) is 17.8 Å². The molecule has 3 rings (SSSR count). The zero-order chi connectivity index (χ0) is 12.0. The molecule has 2 aromatic rings. The molecule has 1 aliphatic rings. The summed E-state index contributed by atoms with van der Waals surface area (Å²) in [5.74, 6) is 1.32. The molecule has 1 aromatic heterocycles. The molecule has 1 amide bonds. The van der Waals surface area contributed by atoms with Gasteiger partial charge in [0.25, 0.3) is 5.91 Å². The van der Waals surface area contributed by atoms with Gasteiger partial charge in [0.15, 0.2) is 5.82 Å². The molecule has 6 heteroatoms. The van der Waals surface area contributed by atoms with Crippen LogP contribution in [0.2, 0.25) is 5.02 Å². The van der Waals surface area contributed by atoms with Crippen molar-refractivity contribution in [1.82, 2.24) is 20.1 Å². The normalized spacial score (nSPS) is 13.6. The summed E-state index contributed by atoms with van der Waals surface area (Å²) in [6.07, 6.45) is 0. The van der Waals surface area contributed by atoms with Crippen LogP contribution in [0.15, 0.2) is 18.2 Å². The fraction of sp³-hybridized carbons (Fsp3) is 0.182. The lowest BCUT2D eigenvalue weighted by Gasteiger charge is -2.08. The molecule has 1 aliphatic heterocycles. The molecule has 1 N–H and O–H groups in total. The Morgan fingerprint density at radius 2 is 2.24 bits per heavy atom. The van der Waals surface area contributed by atoms with Crippen molar-refractivity contribution in [3.05, 3.63) is 40.4 Å². The predicted molar refractivity (Wildman–Crippen MR) is 62.3 cm³/mol. The van der Waals surface area contributed by atoms with Gasteiger partial charge in [-0.05, 0) is 25.1 Å². The third-order valence-electron chi connectivity index (χ3n) is 2.74. The van der Waals surface area contributed by atoms with Crippen molar-refractivity contribution in [2.45, 2.75) is 13.5 Å². The zero-order valence-electron chi connectivity index (χ0n) is 9.07. The number of halogens is 1. The van der Waals surface area contributed by atoms with Crippen molar-refractivity contribution in [3.8, 4) is 5.69 Å². The highest BCUT2D eigenvalue weighted by Crippen LogP contribution is 2.24. The Morgan fingerprint density at radius 3 is 3.06 bits per heavy atom. The second-order valence-corrected chi connectivity index (χ2v) is 4.28. The number of fused-ring (bicyclic) bond motifs is 3. The van der Waals surface area contributed by atoms with E-state index in [2.05, 4.69) is 15.5 Å². The molecule has 0 spiro atoms. The van der Waals surface area contributed by atoms with Gasteiger partial charge in [0.1, 0.15) is 5.82 Å². The Balaban J connectivity index is 2.36. The molecule has 5 nitrogen and oxygen atoms in total. The van der Waals surface area contributed by atoms with Gasteiger partial charge in [-0.1, -0.05) is 11.6 Å². The average molecular weight is 249 g/mol. The number of benzene rings is 1. The van der Waals surface area contributed by atoms with Gasteiger partial charge in [-0.15, -0.1) is 10.2 Å². The lowest BCUT2D eigenvalue weighted by molar-refractivity contribution is 0.0952. The maximum Gasteiger partial charge on any atom is 0.253 e. The molecule has 17 heavy (non-hydrogen) atoms. The van der Waals surface area contributed by atoms with Crippen LogP contribution >= 0.6 is 11.6 Å². The maximum atomic E-state index is 11.9. The third-order valence-corrected chi connectivity index (χ3v) is 2.98. The van der Waals surface area contributed by atoms with Gasteiger partial charge in [-0.25, -0.2) is 0 Å². The van der Waals surface area contributed by atoms with Crippen LogP contribution in [-0.2, 0) is 6.54 Å². The first-order valence-electron chi connectivity index (χ1n) is 5.16. The fourth-order valence-electron chi connectivity index (χ4n) is 1.97. The van der Waals surface area contributed by atoms with Crippen LogP contribution in [0, 0.1) is 6.92 Å². The van der Waals surface area contributed by atoms with Gasteiger partial charge >= 0.3 is 0 Å². The molecule has 0 atom stereocenters. The average Bonchev–Trinajstić information content (AvgIpc) is 2.60. The van der Waals surface area contributed by atoms with Crippen molar-refractivity contribution in [2.24, 2.45) is 0 Å². The number of hydrogen-bond donors (Lipinski definition) is 1. The van der Waals surface area contributed by atoms with E-state index in [1.165, 1.54) is 0 Å². The summed E-state index contributed by atoms with van der Waals surface area (Å²) in [6, 6.07) is 5.16. The lowest BCUT2D eigenvalue weighted by Crippen LogP contribution is -2.21. The highest BCUT2D eigenvalue weighted by Gasteiger charge is 2.22. The van der Waals surface area contributed by atoms with Crippen LogP contribution in [0.3, 0.4) is 0 Å². The first-order chi connectivity index (χ1) is 8.16. The zero-order valence-corrected chi connectivity index (χ0v) is 9.82. The number of aryl methyl sites for hydroxylation is 1. The minimum atomic E-state index is -0.124. The van der Waals surface area contributed by atoms with Crippen molar-refractivity contribution in [1.29, 1.82) is 0 Å². The van der Waals surface area contributed by atoms with Crippen molar-refractivity contribution < 1.29 is 4.79 Å². The van der Waals surface area contributed by atoms with Gasteiger partial charge < -0.3 is 5.32 Å². The smallest absolute Gasteiger partial charge is 0.253 e. The molecule has 2 heterocycles. The summed E-state index contributed by atoms with van der Waals surface area (Å²) in [5.41, 5.74) is 1.31. The molecule has 86 valence electrons. The summed E-state index contributed by atoms with van der Waals surface area (Å²) >= 11 is 5.98. The largest absolute Gasteiger partial charge is 0.345 e. The van der Waals surface area contributed by atoms with E-state index in [-0.39, 0.29) is 5.91 Å². The summed E-state index contributed by atoms with van der Waals surface area (Å²) in [5, 5.41) is 11.4. The second kappa shape index (κ2) is 3.56. The van der Waals surface area contributed by atoms with E-state index in [1.54, 1.807) is 18.2 Å². The molecule has 0 bridgehead atoms. The fourth-order valence-corrected chi connectivity index (χ4v) is 2.14. The van der Waals surface area contributed by atoms with Gasteiger partial charge in [0, 0.05) is 5.02 Å². The standard InChI is InChI=1S/C11H9ClN4O/c1-6-14-15-10-5-13-11(17)8-3-2-7(12)4-9(8)16(6)10/h2-4H,5H2,1H3,(H,13,17). The minimum Gasteiger partial charge on any atom is -0.345 e. The van der Waals surface area contributed by atoms with Crippen LogP contribution in [0.25, 0.3) is 5.69 Å². The van der Waals surface area contributed by atoms with Crippen molar-refractivity contribution in [3.63, 3.8) is 0 Å². The monoisotopic (exact) mass is 248 g/mol. The number of aromatic nitrogens is 3. The van der Waals surface area contributed by atoms with Gasteiger partial charge in [-0.3, -0.25) is 9.36 Å². The molecule has 0 saturated heterocycles. The van der Waals surface area contributed by atoms with E-state index in [1.807, 2.05) is 11.5 Å². The first-order valence-corrected chi connectivity index (χ1v) is 5.53. The Hall–Kier alpha value is -1.88. The first kappa shape index (κ1) is 10.3. The van der Waals surface area contributed by atoms with Gasteiger partial charge in [-0.2, -0.15) is 0 Å². The van der Waals surface area contributed by atoms with E-state index >= 15 is 0 Å². The Bertz CT molecular complexity index is 620. The van der Waals surface area contributed by atoms with E-state index < -0.39 is 0 Å². The van der Waals surface area contributed by atoms with E-state index in [9.17, 15) is 4.79 Å². The molecule has 0 radical (unpaired) electrons. The number of rotatable bonds is 0. The topological polar surface area (TPSA) is 59.8 Å². The number of amides is 1. The highest BCUT2D eigenvalue weighted by atomic mass is 35.5. The van der Waals surface area contributed by atoms with Crippen LogP contribution in [0.5, 0.6) is 0 Å². The molecule has 0 saturated carbocycles. The van der Waals surface area contributed by atoms with Crippen LogP contribution < -0.4 is 5.32 Å². The Morgan fingerprint density at radius 1 is 1.41 bits per heavy atom. The van der Waals surface area contributed by atoms with Crippen LogP contribution in [0.4, 0.5) is 0 Å². The Kier molecular flexibility index (Phi) is 2.16. The van der Waals surface area contributed by atoms with Gasteiger partial charge in [0.2, 0.25) is 0 Å².